The lowest BCUT2D eigenvalue weighted by Crippen LogP contribution is -1.95. The number of methoxy groups -OCH3 is 1. The van der Waals surface area contributed by atoms with Gasteiger partial charge in [-0.3, -0.25) is 0 Å². The lowest BCUT2D eigenvalue weighted by molar-refractivity contribution is 0.305. The van der Waals surface area contributed by atoms with Crippen molar-refractivity contribution in [1.29, 1.82) is 0 Å². The zero-order valence-electron chi connectivity index (χ0n) is 11.4. The summed E-state index contributed by atoms with van der Waals surface area (Å²) >= 11 is 0. The lowest BCUT2D eigenvalue weighted by Gasteiger charge is -2.08. The first-order chi connectivity index (χ1) is 9.85. The summed E-state index contributed by atoms with van der Waals surface area (Å²) in [6.07, 6.45) is 0. The Kier molecular flexibility index (Phi) is 3.55. The molecule has 100 valence electrons. The smallest absolute Gasteiger partial charge is 0.120 e. The van der Waals surface area contributed by atoms with Crippen LogP contribution in [0.2, 0.25) is 0 Å². The second-order valence-corrected chi connectivity index (χ2v) is 4.65. The molecule has 0 bridgehead atoms. The van der Waals surface area contributed by atoms with Crippen molar-refractivity contribution >= 4 is 10.8 Å². The maximum absolute atomic E-state index is 5.84. The summed E-state index contributed by atoms with van der Waals surface area (Å²) in [5.41, 5.74) is 1.09. The van der Waals surface area contributed by atoms with Crippen LogP contribution in [0.3, 0.4) is 0 Å². The molecule has 0 N–H and O–H groups in total. The highest BCUT2D eigenvalue weighted by atomic mass is 16.5. The van der Waals surface area contributed by atoms with Gasteiger partial charge < -0.3 is 9.47 Å². The molecule has 0 aliphatic carbocycles. The average molecular weight is 264 g/mol. The van der Waals surface area contributed by atoms with Gasteiger partial charge in [-0.25, -0.2) is 0 Å². The van der Waals surface area contributed by atoms with Crippen molar-refractivity contribution in [3.63, 3.8) is 0 Å². The molecule has 3 rings (SSSR count). The first kappa shape index (κ1) is 12.5. The number of benzene rings is 3. The van der Waals surface area contributed by atoms with Crippen molar-refractivity contribution < 1.29 is 9.47 Å². The molecule has 0 heterocycles. The normalized spacial score (nSPS) is 10.4. The molecule has 2 heteroatoms. The van der Waals surface area contributed by atoms with Crippen LogP contribution in [0.25, 0.3) is 10.8 Å². The van der Waals surface area contributed by atoms with Crippen LogP contribution < -0.4 is 9.47 Å². The van der Waals surface area contributed by atoms with Gasteiger partial charge in [0.15, 0.2) is 0 Å². The molecule has 0 spiro atoms. The highest BCUT2D eigenvalue weighted by Crippen LogP contribution is 2.22. The van der Waals surface area contributed by atoms with Crippen LogP contribution >= 0.6 is 0 Å². The summed E-state index contributed by atoms with van der Waals surface area (Å²) in [6, 6.07) is 22.3. The van der Waals surface area contributed by atoms with Gasteiger partial charge in [-0.05, 0) is 40.6 Å². The zero-order valence-corrected chi connectivity index (χ0v) is 11.4. The molecule has 0 aromatic heterocycles. The Morgan fingerprint density at radius 2 is 1.60 bits per heavy atom. The fourth-order valence-electron chi connectivity index (χ4n) is 2.19. The summed E-state index contributed by atoms with van der Waals surface area (Å²) in [6.45, 7) is 0.537. The second-order valence-electron chi connectivity index (χ2n) is 4.65. The number of hydrogen-bond donors (Lipinski definition) is 0. The third-order valence-electron chi connectivity index (χ3n) is 3.26. The molecule has 0 unspecified atom stereocenters. The molecular weight excluding hydrogens is 248 g/mol. The molecule has 0 aliphatic heterocycles. The maximum Gasteiger partial charge on any atom is 0.120 e. The minimum absolute atomic E-state index is 0.537. The van der Waals surface area contributed by atoms with Crippen molar-refractivity contribution in [2.45, 2.75) is 6.61 Å². The first-order valence-electron chi connectivity index (χ1n) is 6.60. The quantitative estimate of drug-likeness (QED) is 0.694. The van der Waals surface area contributed by atoms with E-state index in [0.29, 0.717) is 6.61 Å². The van der Waals surface area contributed by atoms with Gasteiger partial charge in [0.25, 0.3) is 0 Å². The Morgan fingerprint density at radius 1 is 0.750 bits per heavy atom. The highest BCUT2D eigenvalue weighted by Gasteiger charge is 1.99. The van der Waals surface area contributed by atoms with Gasteiger partial charge in [-0.1, -0.05) is 42.5 Å². The molecule has 0 aliphatic rings. The van der Waals surface area contributed by atoms with Gasteiger partial charge in [0.2, 0.25) is 0 Å². The minimum Gasteiger partial charge on any atom is -0.497 e. The van der Waals surface area contributed by atoms with Gasteiger partial charge in [-0.2, -0.15) is 0 Å². The topological polar surface area (TPSA) is 18.5 Å². The van der Waals surface area contributed by atoms with Crippen molar-refractivity contribution in [2.75, 3.05) is 7.11 Å². The molecule has 0 atom stereocenters. The Labute approximate surface area is 118 Å². The standard InChI is InChI=1S/C18H16O2/c1-19-17-8-4-5-14(11-17)13-20-18-10-9-15-6-2-3-7-16(15)12-18/h2-12H,13H2,1H3. The fraction of sp³-hybridized carbons (Fsp3) is 0.111. The van der Waals surface area contributed by atoms with Crippen molar-refractivity contribution in [3.05, 3.63) is 72.3 Å². The van der Waals surface area contributed by atoms with E-state index in [2.05, 4.69) is 24.3 Å². The lowest BCUT2D eigenvalue weighted by atomic mass is 10.1. The fourth-order valence-corrected chi connectivity index (χ4v) is 2.19. The second kappa shape index (κ2) is 5.66. The van der Waals surface area contributed by atoms with Crippen molar-refractivity contribution in [3.8, 4) is 11.5 Å². The van der Waals surface area contributed by atoms with E-state index in [9.17, 15) is 0 Å². The minimum atomic E-state index is 0.537. The molecular formula is C18H16O2. The van der Waals surface area contributed by atoms with E-state index in [4.69, 9.17) is 9.47 Å². The molecule has 20 heavy (non-hydrogen) atoms. The van der Waals surface area contributed by atoms with E-state index in [1.54, 1.807) is 7.11 Å². The van der Waals surface area contributed by atoms with E-state index < -0.39 is 0 Å². The molecule has 2 nitrogen and oxygen atoms in total. The molecule has 3 aromatic rings. The summed E-state index contributed by atoms with van der Waals surface area (Å²) in [7, 11) is 1.67. The SMILES string of the molecule is COc1cccc(COc2ccc3ccccc3c2)c1. The van der Waals surface area contributed by atoms with E-state index in [-0.39, 0.29) is 0 Å². The van der Waals surface area contributed by atoms with Gasteiger partial charge in [-0.15, -0.1) is 0 Å². The maximum atomic E-state index is 5.84. The van der Waals surface area contributed by atoms with E-state index in [1.165, 1.54) is 10.8 Å². The van der Waals surface area contributed by atoms with Gasteiger partial charge in [0, 0.05) is 0 Å². The Morgan fingerprint density at radius 3 is 2.45 bits per heavy atom. The predicted molar refractivity (Wildman–Crippen MR) is 81.3 cm³/mol. The Bertz CT molecular complexity index is 719. The monoisotopic (exact) mass is 264 g/mol. The zero-order chi connectivity index (χ0) is 13.8. The van der Waals surface area contributed by atoms with Crippen LogP contribution in [-0.2, 0) is 6.61 Å². The van der Waals surface area contributed by atoms with E-state index in [0.717, 1.165) is 17.1 Å². The number of fused-ring (bicyclic) bond motifs is 1. The molecule has 0 saturated heterocycles. The van der Waals surface area contributed by atoms with Gasteiger partial charge in [0.1, 0.15) is 18.1 Å². The molecule has 0 fully saturated rings. The average Bonchev–Trinajstić information content (AvgIpc) is 2.53. The first-order valence-corrected chi connectivity index (χ1v) is 6.60. The molecule has 3 aromatic carbocycles. The van der Waals surface area contributed by atoms with Crippen LogP contribution in [0.5, 0.6) is 11.5 Å². The van der Waals surface area contributed by atoms with Crippen LogP contribution in [0.15, 0.2) is 66.7 Å². The van der Waals surface area contributed by atoms with Gasteiger partial charge in [0.05, 0.1) is 7.11 Å². The van der Waals surface area contributed by atoms with Crippen LogP contribution in [0.4, 0.5) is 0 Å². The van der Waals surface area contributed by atoms with Crippen LogP contribution in [-0.4, -0.2) is 7.11 Å². The summed E-state index contributed by atoms with van der Waals surface area (Å²) in [5.74, 6) is 1.73. The summed E-state index contributed by atoms with van der Waals surface area (Å²) in [4.78, 5) is 0. The van der Waals surface area contributed by atoms with Gasteiger partial charge >= 0.3 is 0 Å². The van der Waals surface area contributed by atoms with Crippen molar-refractivity contribution in [1.82, 2.24) is 0 Å². The number of ether oxygens (including phenoxy) is 2. The molecule has 0 saturated carbocycles. The number of rotatable bonds is 4. The third kappa shape index (κ3) is 2.75. The number of hydrogen-bond acceptors (Lipinski definition) is 2. The van der Waals surface area contributed by atoms with E-state index >= 15 is 0 Å². The third-order valence-corrected chi connectivity index (χ3v) is 3.26. The summed E-state index contributed by atoms with van der Waals surface area (Å²) < 4.78 is 11.1. The summed E-state index contributed by atoms with van der Waals surface area (Å²) in [5, 5.41) is 2.41. The van der Waals surface area contributed by atoms with Crippen LogP contribution in [0, 0.1) is 0 Å². The highest BCUT2D eigenvalue weighted by molar-refractivity contribution is 5.83. The Hall–Kier alpha value is -2.48. The van der Waals surface area contributed by atoms with Crippen LogP contribution in [0.1, 0.15) is 5.56 Å². The van der Waals surface area contributed by atoms with E-state index in [1.807, 2.05) is 42.5 Å². The van der Waals surface area contributed by atoms with Crippen molar-refractivity contribution in [2.24, 2.45) is 0 Å². The molecule has 0 amide bonds. The predicted octanol–water partition coefficient (Wildman–Crippen LogP) is 4.43. The molecule has 0 radical (unpaired) electrons. The Balaban J connectivity index is 1.76. The largest absolute Gasteiger partial charge is 0.497 e.